The number of ether oxygens (including phenoxy) is 2. The number of amides is 3. The summed E-state index contributed by atoms with van der Waals surface area (Å²) < 4.78 is 13.3. The van der Waals surface area contributed by atoms with Crippen molar-refractivity contribution in [1.82, 2.24) is 10.6 Å². The van der Waals surface area contributed by atoms with Crippen molar-refractivity contribution < 1.29 is 53.6 Å². The molecule has 0 spiro atoms. The number of allylic oxidation sites excluding steroid dienone is 4. The van der Waals surface area contributed by atoms with Crippen LogP contribution in [0.3, 0.4) is 0 Å². The molecule has 314 valence electrons. The SMILES string of the molecule is C[C@]12C=CC(=O)C=C1CC[C@@H]1[C@@H]2[C@@H](O)C[C@@]2(C)[C@H]1C[C@H]1O[C@@H](c3ccc(Cc4cccc(NC(=O)[C@H](CCC(=O)O)NC(=O)CNC(=O)CS)c4)cc3)O[C@]12C(=O)CO. The molecule has 0 unspecified atom stereocenters. The number of nitrogens with one attached hydrogen (secondary N) is 3. The molecule has 0 radical (unpaired) electrons. The third-order valence-corrected chi connectivity index (χ3v) is 13.8. The lowest BCUT2D eigenvalue weighted by Gasteiger charge is -2.59. The van der Waals surface area contributed by atoms with Crippen LogP contribution in [-0.2, 0) is 44.7 Å². The molecule has 10 atom stereocenters. The van der Waals surface area contributed by atoms with E-state index in [9.17, 15) is 44.1 Å². The zero-order valence-corrected chi connectivity index (χ0v) is 33.9. The molecule has 1 heterocycles. The topological polar surface area (TPSA) is 218 Å². The Morgan fingerprint density at radius 1 is 1.03 bits per heavy atom. The number of carboxylic acid groups (broad SMARTS) is 1. The second-order valence-electron chi connectivity index (χ2n) is 16.9. The van der Waals surface area contributed by atoms with E-state index >= 15 is 0 Å². The van der Waals surface area contributed by atoms with Crippen LogP contribution in [0, 0.1) is 28.6 Å². The Kier molecular flexibility index (Phi) is 12.1. The van der Waals surface area contributed by atoms with Gasteiger partial charge in [0.2, 0.25) is 17.7 Å². The molecule has 1 aliphatic heterocycles. The van der Waals surface area contributed by atoms with Crippen molar-refractivity contribution in [3.8, 4) is 0 Å². The summed E-state index contributed by atoms with van der Waals surface area (Å²) in [5, 5.41) is 39.0. The third-order valence-electron chi connectivity index (χ3n) is 13.5. The van der Waals surface area contributed by atoms with Gasteiger partial charge in [0.25, 0.3) is 0 Å². The van der Waals surface area contributed by atoms with Crippen LogP contribution in [0.5, 0.6) is 0 Å². The van der Waals surface area contributed by atoms with Crippen LogP contribution in [0.1, 0.15) is 75.4 Å². The van der Waals surface area contributed by atoms with Gasteiger partial charge in [-0.3, -0.25) is 28.8 Å². The van der Waals surface area contributed by atoms with Gasteiger partial charge >= 0.3 is 5.97 Å². The van der Waals surface area contributed by atoms with Crippen molar-refractivity contribution in [2.24, 2.45) is 28.6 Å². The first-order valence-electron chi connectivity index (χ1n) is 20.1. The first-order valence-corrected chi connectivity index (χ1v) is 20.7. The number of Topliss-reactive ketones (excluding diaryl/α,β-unsaturated/α-hetero) is 1. The molecule has 14 nitrogen and oxygen atoms in total. The van der Waals surface area contributed by atoms with Gasteiger partial charge in [0.05, 0.1) is 24.5 Å². The van der Waals surface area contributed by atoms with Crippen molar-refractivity contribution in [1.29, 1.82) is 0 Å². The highest BCUT2D eigenvalue weighted by Crippen LogP contribution is 2.70. The highest BCUT2D eigenvalue weighted by atomic mass is 32.1. The van der Waals surface area contributed by atoms with Crippen LogP contribution in [0.15, 0.2) is 72.3 Å². The molecule has 4 fully saturated rings. The number of hydrogen-bond acceptors (Lipinski definition) is 11. The highest BCUT2D eigenvalue weighted by molar-refractivity contribution is 7.81. The number of aliphatic hydroxyl groups excluding tert-OH is 2. The molecule has 2 aromatic rings. The van der Waals surface area contributed by atoms with Crippen LogP contribution in [0.4, 0.5) is 5.69 Å². The number of carbonyl (C=O) groups excluding carboxylic acids is 5. The number of fused-ring (bicyclic) bond motifs is 7. The fraction of sp³-hybridized carbons (Fsp3) is 0.500. The molecule has 1 saturated heterocycles. The average molecular weight is 830 g/mol. The molecular weight excluding hydrogens is 779 g/mol. The van der Waals surface area contributed by atoms with Crippen molar-refractivity contribution in [2.75, 3.05) is 24.2 Å². The number of aliphatic carboxylic acids is 1. The molecule has 15 heteroatoms. The molecule has 7 rings (SSSR count). The van der Waals surface area contributed by atoms with Gasteiger partial charge in [-0.2, -0.15) is 12.6 Å². The average Bonchev–Trinajstić information content (AvgIpc) is 3.71. The number of ketones is 2. The smallest absolute Gasteiger partial charge is 0.303 e. The molecule has 4 aliphatic carbocycles. The number of anilines is 1. The van der Waals surface area contributed by atoms with E-state index in [-0.39, 0.29) is 48.6 Å². The van der Waals surface area contributed by atoms with Gasteiger partial charge in [-0.25, -0.2) is 0 Å². The van der Waals surface area contributed by atoms with Gasteiger partial charge in [0.1, 0.15) is 12.6 Å². The Morgan fingerprint density at radius 2 is 1.80 bits per heavy atom. The fourth-order valence-electron chi connectivity index (χ4n) is 10.9. The van der Waals surface area contributed by atoms with Crippen LogP contribution in [-0.4, -0.2) is 93.3 Å². The zero-order valence-electron chi connectivity index (χ0n) is 33.0. The molecule has 0 aromatic heterocycles. The van der Waals surface area contributed by atoms with Crippen molar-refractivity contribution in [2.45, 2.75) is 88.9 Å². The molecule has 3 saturated carbocycles. The Bertz CT molecular complexity index is 2090. The number of aliphatic hydroxyl groups is 2. The maximum absolute atomic E-state index is 13.9. The Hall–Kier alpha value is -4.67. The third kappa shape index (κ3) is 7.90. The maximum atomic E-state index is 13.9. The lowest BCUT2D eigenvalue weighted by Crippen LogP contribution is -2.63. The summed E-state index contributed by atoms with van der Waals surface area (Å²) in [6.07, 6.45) is 5.25. The van der Waals surface area contributed by atoms with E-state index in [1.54, 1.807) is 30.4 Å². The van der Waals surface area contributed by atoms with Crippen molar-refractivity contribution in [3.63, 3.8) is 0 Å². The zero-order chi connectivity index (χ0) is 42.3. The minimum Gasteiger partial charge on any atom is -0.481 e. The predicted molar refractivity (Wildman–Crippen MR) is 217 cm³/mol. The van der Waals surface area contributed by atoms with E-state index in [4.69, 9.17) is 9.47 Å². The van der Waals surface area contributed by atoms with E-state index in [0.29, 0.717) is 24.1 Å². The summed E-state index contributed by atoms with van der Waals surface area (Å²) in [5.74, 6) is -3.57. The van der Waals surface area contributed by atoms with Crippen molar-refractivity contribution in [3.05, 3.63) is 89.0 Å². The summed E-state index contributed by atoms with van der Waals surface area (Å²) in [6, 6.07) is 13.5. The summed E-state index contributed by atoms with van der Waals surface area (Å²) >= 11 is 3.84. The summed E-state index contributed by atoms with van der Waals surface area (Å²) in [6.45, 7) is 2.99. The number of benzene rings is 2. The summed E-state index contributed by atoms with van der Waals surface area (Å²) in [7, 11) is 0. The molecule has 3 amide bonds. The van der Waals surface area contributed by atoms with Gasteiger partial charge in [0.15, 0.2) is 23.5 Å². The number of carbonyl (C=O) groups is 6. The van der Waals surface area contributed by atoms with Gasteiger partial charge < -0.3 is 40.7 Å². The van der Waals surface area contributed by atoms with Gasteiger partial charge in [-0.1, -0.05) is 61.9 Å². The standard InChI is InChI=1S/C44H51N3O11S/c1-42-15-14-29(49)18-27(42)10-11-30-31-19-35-44(34(51)22-48,43(31,2)20-33(50)39(30)42)58-41(57-35)26-8-6-24(7-9-26)16-25-4-3-5-28(17-25)46-40(56)32(12-13-38(54)55)47-36(52)21-45-37(53)23-59/h3-9,14-15,17-18,30-33,35,39,41,48,50,59H,10-13,16,19-23H2,1-2H3,(H,45,53)(H,46,56)(H,47,52)(H,54,55)/t30-,31-,32-,33-,35+,39+,41+,42-,43-,44+/m0/s1. The number of rotatable bonds is 14. The maximum Gasteiger partial charge on any atom is 0.303 e. The quantitative estimate of drug-likeness (QED) is 0.137. The highest BCUT2D eigenvalue weighted by Gasteiger charge is 2.75. The number of hydrogen-bond donors (Lipinski definition) is 7. The lowest BCUT2D eigenvalue weighted by atomic mass is 9.46. The Labute approximate surface area is 347 Å². The van der Waals surface area contributed by atoms with E-state index in [2.05, 4.69) is 35.5 Å². The van der Waals surface area contributed by atoms with Crippen LogP contribution >= 0.6 is 12.6 Å². The van der Waals surface area contributed by atoms with E-state index < -0.39 is 83.6 Å². The molecule has 0 bridgehead atoms. The van der Waals surface area contributed by atoms with E-state index in [1.807, 2.05) is 43.3 Å². The summed E-state index contributed by atoms with van der Waals surface area (Å²) in [4.78, 5) is 74.5. The number of thiol groups is 1. The monoisotopic (exact) mass is 829 g/mol. The molecule has 2 aromatic carbocycles. The predicted octanol–water partition coefficient (Wildman–Crippen LogP) is 3.21. The minimum atomic E-state index is -1.46. The molecule has 6 N–H and O–H groups in total. The minimum absolute atomic E-state index is 0.0173. The van der Waals surface area contributed by atoms with Crippen LogP contribution in [0.25, 0.3) is 0 Å². The van der Waals surface area contributed by atoms with Gasteiger partial charge in [-0.15, -0.1) is 0 Å². The Balaban J connectivity index is 1.03. The second kappa shape index (κ2) is 16.8. The van der Waals surface area contributed by atoms with Crippen molar-refractivity contribution >= 4 is 53.6 Å². The number of carboxylic acids is 1. The first kappa shape index (κ1) is 42.5. The molecular formula is C44H51N3O11S. The van der Waals surface area contributed by atoms with Gasteiger partial charge in [-0.05, 0) is 85.8 Å². The van der Waals surface area contributed by atoms with Crippen LogP contribution in [0.2, 0.25) is 0 Å². The van der Waals surface area contributed by atoms with Gasteiger partial charge in [0, 0.05) is 34.4 Å². The first-order chi connectivity index (χ1) is 28.1. The van der Waals surface area contributed by atoms with E-state index in [1.165, 1.54) is 0 Å². The molecule has 59 heavy (non-hydrogen) atoms. The molecule has 5 aliphatic rings. The van der Waals surface area contributed by atoms with E-state index in [0.717, 1.165) is 29.5 Å². The fourth-order valence-corrected chi connectivity index (χ4v) is 11.0. The van der Waals surface area contributed by atoms with Crippen LogP contribution < -0.4 is 16.0 Å². The Morgan fingerprint density at radius 3 is 2.51 bits per heavy atom. The largest absolute Gasteiger partial charge is 0.481 e. The summed E-state index contributed by atoms with van der Waals surface area (Å²) in [5.41, 5.74) is 1.22. The second-order valence-corrected chi connectivity index (χ2v) is 17.3. The normalized spacial score (nSPS) is 32.1. The lowest BCUT2D eigenvalue weighted by molar-refractivity contribution is -0.201.